The maximum absolute atomic E-state index is 12.2. The van der Waals surface area contributed by atoms with Crippen molar-refractivity contribution in [1.29, 1.82) is 0 Å². The number of rotatable bonds is 5. The van der Waals surface area contributed by atoms with Crippen LogP contribution >= 0.6 is 0 Å². The van der Waals surface area contributed by atoms with Crippen molar-refractivity contribution < 1.29 is 4.79 Å². The highest BCUT2D eigenvalue weighted by molar-refractivity contribution is 5.90. The topological polar surface area (TPSA) is 63.1 Å². The minimum Gasteiger partial charge on any atom is -0.350 e. The second-order valence-corrected chi connectivity index (χ2v) is 7.50. The summed E-state index contributed by atoms with van der Waals surface area (Å²) in [4.78, 5) is 14.7. The highest BCUT2D eigenvalue weighted by Gasteiger charge is 2.38. The molecule has 0 saturated carbocycles. The van der Waals surface area contributed by atoms with Crippen molar-refractivity contribution in [2.75, 3.05) is 19.6 Å². The van der Waals surface area contributed by atoms with E-state index < -0.39 is 0 Å². The lowest BCUT2D eigenvalue weighted by molar-refractivity contribution is 0.0937. The summed E-state index contributed by atoms with van der Waals surface area (Å²) in [5.41, 5.74) is 2.77. The number of fused-ring (bicyclic) bond motifs is 2. The third kappa shape index (κ3) is 3.26. The molecule has 1 aromatic carbocycles. The number of benzene rings is 1. The second-order valence-electron chi connectivity index (χ2n) is 7.50. The number of nitrogens with one attached hydrogen (secondary N) is 1. The van der Waals surface area contributed by atoms with Crippen molar-refractivity contribution in [2.45, 2.75) is 39.8 Å². The van der Waals surface area contributed by atoms with Crippen LogP contribution in [-0.4, -0.2) is 45.2 Å². The molecule has 0 unspecified atom stereocenters. The minimum absolute atomic E-state index is 0.115. The van der Waals surface area contributed by atoms with Crippen molar-refractivity contribution in [2.24, 2.45) is 11.8 Å². The molecule has 4 rings (SSSR count). The van der Waals surface area contributed by atoms with Crippen molar-refractivity contribution in [3.05, 3.63) is 47.0 Å². The highest BCUT2D eigenvalue weighted by Crippen LogP contribution is 2.33. The van der Waals surface area contributed by atoms with Crippen LogP contribution in [0.5, 0.6) is 0 Å². The average molecular weight is 353 g/mol. The van der Waals surface area contributed by atoms with Gasteiger partial charge in [0.05, 0.1) is 0 Å². The van der Waals surface area contributed by atoms with E-state index in [2.05, 4.69) is 51.6 Å². The number of carbonyl (C=O) groups is 1. The van der Waals surface area contributed by atoms with Crippen molar-refractivity contribution >= 4 is 5.91 Å². The summed E-state index contributed by atoms with van der Waals surface area (Å²) in [5, 5.41) is 11.3. The largest absolute Gasteiger partial charge is 0.350 e. The number of carbonyl (C=O) groups excluding carboxylic acids is 1. The Morgan fingerprint density at radius 2 is 1.81 bits per heavy atom. The third-order valence-corrected chi connectivity index (χ3v) is 5.72. The lowest BCUT2D eigenvalue weighted by Gasteiger charge is -2.25. The van der Waals surface area contributed by atoms with Gasteiger partial charge in [0.25, 0.3) is 5.91 Å². The number of amides is 1. The van der Waals surface area contributed by atoms with E-state index in [0.29, 0.717) is 24.2 Å². The van der Waals surface area contributed by atoms with E-state index in [4.69, 9.17) is 0 Å². The van der Waals surface area contributed by atoms with Gasteiger partial charge >= 0.3 is 0 Å². The van der Waals surface area contributed by atoms with E-state index in [0.717, 1.165) is 44.8 Å². The van der Waals surface area contributed by atoms with E-state index in [-0.39, 0.29) is 5.91 Å². The molecule has 6 heteroatoms. The van der Waals surface area contributed by atoms with Gasteiger partial charge in [0.1, 0.15) is 5.82 Å². The highest BCUT2D eigenvalue weighted by atomic mass is 16.2. The van der Waals surface area contributed by atoms with Crippen LogP contribution in [0.25, 0.3) is 0 Å². The quantitative estimate of drug-likeness (QED) is 0.892. The standard InChI is InChI=1S/C20H27N5O/c1-3-14-5-7-15(8-6-14)10-24-11-16-9-18-22-23-19(20(26)21-4-2)25(18)13-17(16)12-24/h5-8,16-17H,3-4,9-13H2,1-2H3,(H,21,26)/t16-,17-/m1/s1. The SMILES string of the molecule is CCNC(=O)c1nnc2n1C[C@H]1CN(Cc3ccc(CC)cc3)C[C@H]1C2. The van der Waals surface area contributed by atoms with E-state index in [1.807, 2.05) is 11.5 Å². The Morgan fingerprint density at radius 1 is 1.08 bits per heavy atom. The molecule has 6 nitrogen and oxygen atoms in total. The van der Waals surface area contributed by atoms with Gasteiger partial charge in [0, 0.05) is 39.1 Å². The van der Waals surface area contributed by atoms with E-state index in [9.17, 15) is 4.79 Å². The molecule has 2 aliphatic rings. The van der Waals surface area contributed by atoms with Gasteiger partial charge in [-0.05, 0) is 36.3 Å². The van der Waals surface area contributed by atoms with Crippen LogP contribution in [-0.2, 0) is 25.9 Å². The predicted octanol–water partition coefficient (Wildman–Crippen LogP) is 1.89. The summed E-state index contributed by atoms with van der Waals surface area (Å²) in [6.07, 6.45) is 2.00. The molecule has 1 fully saturated rings. The van der Waals surface area contributed by atoms with E-state index in [1.165, 1.54) is 11.1 Å². The van der Waals surface area contributed by atoms with Crippen molar-refractivity contribution in [1.82, 2.24) is 25.0 Å². The zero-order valence-electron chi connectivity index (χ0n) is 15.6. The van der Waals surface area contributed by atoms with Gasteiger partial charge in [-0.25, -0.2) is 0 Å². The van der Waals surface area contributed by atoms with Gasteiger partial charge in [0.15, 0.2) is 0 Å². The predicted molar refractivity (Wildman–Crippen MR) is 99.8 cm³/mol. The molecule has 1 amide bonds. The molecule has 3 heterocycles. The van der Waals surface area contributed by atoms with Crippen LogP contribution in [0, 0.1) is 11.8 Å². The number of hydrogen-bond donors (Lipinski definition) is 1. The lowest BCUT2D eigenvalue weighted by atomic mass is 9.89. The third-order valence-electron chi connectivity index (χ3n) is 5.72. The van der Waals surface area contributed by atoms with Gasteiger partial charge in [-0.1, -0.05) is 31.2 Å². The Balaban J connectivity index is 1.43. The fourth-order valence-electron chi connectivity index (χ4n) is 4.30. The number of aryl methyl sites for hydroxylation is 1. The number of nitrogens with zero attached hydrogens (tertiary/aromatic N) is 4. The molecule has 2 aliphatic heterocycles. The van der Waals surface area contributed by atoms with Crippen LogP contribution in [0.1, 0.15) is 41.4 Å². The monoisotopic (exact) mass is 353 g/mol. The molecule has 1 aromatic heterocycles. The maximum atomic E-state index is 12.2. The summed E-state index contributed by atoms with van der Waals surface area (Å²) >= 11 is 0. The lowest BCUT2D eigenvalue weighted by Crippen LogP contribution is -2.33. The Bertz CT molecular complexity index is 782. The fraction of sp³-hybridized carbons (Fsp3) is 0.550. The van der Waals surface area contributed by atoms with Crippen LogP contribution < -0.4 is 5.32 Å². The summed E-state index contributed by atoms with van der Waals surface area (Å²) < 4.78 is 2.03. The summed E-state index contributed by atoms with van der Waals surface area (Å²) in [5.74, 6) is 2.50. The summed E-state index contributed by atoms with van der Waals surface area (Å²) in [6, 6.07) is 8.97. The minimum atomic E-state index is -0.115. The van der Waals surface area contributed by atoms with Gasteiger partial charge in [-0.3, -0.25) is 9.69 Å². The summed E-state index contributed by atoms with van der Waals surface area (Å²) in [7, 11) is 0. The molecule has 0 spiro atoms. The van der Waals surface area contributed by atoms with Crippen molar-refractivity contribution in [3.63, 3.8) is 0 Å². The molecule has 1 saturated heterocycles. The molecule has 2 atom stereocenters. The first-order valence-electron chi connectivity index (χ1n) is 9.68. The molecular formula is C20H27N5O. The number of aromatic nitrogens is 3. The van der Waals surface area contributed by atoms with Crippen LogP contribution in [0.2, 0.25) is 0 Å². The van der Waals surface area contributed by atoms with Crippen molar-refractivity contribution in [3.8, 4) is 0 Å². The smallest absolute Gasteiger partial charge is 0.289 e. The molecular weight excluding hydrogens is 326 g/mol. The van der Waals surface area contributed by atoms with Gasteiger partial charge < -0.3 is 9.88 Å². The molecule has 2 aromatic rings. The van der Waals surface area contributed by atoms with Crippen LogP contribution in [0.3, 0.4) is 0 Å². The first-order chi connectivity index (χ1) is 12.7. The van der Waals surface area contributed by atoms with E-state index in [1.54, 1.807) is 0 Å². The zero-order chi connectivity index (χ0) is 18.1. The van der Waals surface area contributed by atoms with Gasteiger partial charge in [0.2, 0.25) is 5.82 Å². The van der Waals surface area contributed by atoms with Gasteiger partial charge in [-0.2, -0.15) is 0 Å². The van der Waals surface area contributed by atoms with E-state index >= 15 is 0 Å². The first-order valence-corrected chi connectivity index (χ1v) is 9.68. The Kier molecular flexibility index (Phi) is 4.76. The second kappa shape index (κ2) is 7.19. The van der Waals surface area contributed by atoms with Crippen LogP contribution in [0.15, 0.2) is 24.3 Å². The van der Waals surface area contributed by atoms with Crippen LogP contribution in [0.4, 0.5) is 0 Å². The molecule has 0 aliphatic carbocycles. The molecule has 0 bridgehead atoms. The Hall–Kier alpha value is -2.21. The molecule has 26 heavy (non-hydrogen) atoms. The fourth-order valence-corrected chi connectivity index (χ4v) is 4.30. The summed E-state index contributed by atoms with van der Waals surface area (Å²) in [6.45, 7) is 8.75. The normalized spacial score (nSPS) is 22.1. The number of hydrogen-bond acceptors (Lipinski definition) is 4. The molecule has 1 N–H and O–H groups in total. The average Bonchev–Trinajstić information content (AvgIpc) is 3.23. The first kappa shape index (κ1) is 17.2. The Morgan fingerprint density at radius 3 is 2.54 bits per heavy atom. The zero-order valence-corrected chi connectivity index (χ0v) is 15.6. The Labute approximate surface area is 154 Å². The molecule has 0 radical (unpaired) electrons. The maximum Gasteiger partial charge on any atom is 0.289 e. The molecule has 138 valence electrons. The number of likely N-dealkylation sites (tertiary alicyclic amines) is 1. The van der Waals surface area contributed by atoms with Gasteiger partial charge in [-0.15, -0.1) is 10.2 Å².